The molecule has 0 spiro atoms. The zero-order chi connectivity index (χ0) is 35.2. The van der Waals surface area contributed by atoms with Crippen LogP contribution in [0.2, 0.25) is 0 Å². The molecule has 1 unspecified atom stereocenters. The average Bonchev–Trinajstić information content (AvgIpc) is 3.44. The van der Waals surface area contributed by atoms with Gasteiger partial charge in [-0.05, 0) is 60.9 Å². The van der Waals surface area contributed by atoms with Crippen molar-refractivity contribution in [1.82, 2.24) is 4.90 Å². The van der Waals surface area contributed by atoms with Crippen LogP contribution in [0.1, 0.15) is 76.5 Å². The van der Waals surface area contributed by atoms with Gasteiger partial charge in [0.25, 0.3) is 5.91 Å². The van der Waals surface area contributed by atoms with E-state index in [0.717, 1.165) is 28.6 Å². The number of hydrogen-bond acceptors (Lipinski definition) is 9. The molecule has 1 atom stereocenters. The molecule has 12 nitrogen and oxygen atoms in total. The summed E-state index contributed by atoms with van der Waals surface area (Å²) in [5.74, 6) is -4.59. The predicted octanol–water partition coefficient (Wildman–Crippen LogP) is 5.95. The number of hydrogen-bond donors (Lipinski definition) is 4. The standard InChI is InChI=1S/C35H31N3O9S2/c1-3-47-35(46)28-25-14-15-38(19(2)39)18-27(25)49-32(28)37-31(41)29(20-8-5-4-6-9-20)48-23-11-7-10-22(17-23)36-30(40)24-13-12-21(33(42)43)16-26(24)34(44)45/h4-13,16-17,29H,3,14-15,18H2,1-2H3,(H,36,40)(H,37,41)(H,42,43)(H,44,45). The van der Waals surface area contributed by atoms with Crippen LogP contribution >= 0.6 is 23.1 Å². The van der Waals surface area contributed by atoms with Gasteiger partial charge in [-0.2, -0.15) is 0 Å². The first kappa shape index (κ1) is 34.9. The molecule has 0 fully saturated rings. The maximum absolute atomic E-state index is 14.1. The molecule has 0 saturated carbocycles. The van der Waals surface area contributed by atoms with E-state index in [4.69, 9.17) is 4.74 Å². The van der Waals surface area contributed by atoms with E-state index >= 15 is 0 Å². The Kier molecular flexibility index (Phi) is 10.8. The molecule has 0 saturated heterocycles. The molecule has 5 rings (SSSR count). The number of nitrogens with one attached hydrogen (secondary N) is 2. The van der Waals surface area contributed by atoms with Gasteiger partial charge in [0.15, 0.2) is 0 Å². The Morgan fingerprint density at radius 2 is 1.67 bits per heavy atom. The molecule has 4 N–H and O–H groups in total. The summed E-state index contributed by atoms with van der Waals surface area (Å²) in [5, 5.41) is 24.0. The Morgan fingerprint density at radius 3 is 2.35 bits per heavy atom. The molecule has 0 bridgehead atoms. The van der Waals surface area contributed by atoms with Gasteiger partial charge < -0.3 is 30.5 Å². The van der Waals surface area contributed by atoms with Crippen LogP contribution in [0.5, 0.6) is 0 Å². The fourth-order valence-electron chi connectivity index (χ4n) is 5.29. The van der Waals surface area contributed by atoms with Crippen molar-refractivity contribution in [2.24, 2.45) is 0 Å². The van der Waals surface area contributed by atoms with Gasteiger partial charge in [0.1, 0.15) is 10.3 Å². The minimum Gasteiger partial charge on any atom is -0.478 e. The van der Waals surface area contributed by atoms with Crippen molar-refractivity contribution >= 4 is 69.4 Å². The van der Waals surface area contributed by atoms with Crippen molar-refractivity contribution in [3.05, 3.63) is 111 Å². The molecule has 0 radical (unpaired) electrons. The summed E-state index contributed by atoms with van der Waals surface area (Å²) in [6.45, 7) is 4.11. The fourth-order valence-corrected chi connectivity index (χ4v) is 7.63. The molecule has 3 amide bonds. The molecule has 1 aromatic heterocycles. The van der Waals surface area contributed by atoms with Gasteiger partial charge in [0, 0.05) is 28.9 Å². The number of amides is 3. The highest BCUT2D eigenvalue weighted by Gasteiger charge is 2.32. The summed E-state index contributed by atoms with van der Waals surface area (Å²) in [6, 6.07) is 18.9. The number of rotatable bonds is 11. The van der Waals surface area contributed by atoms with Crippen LogP contribution in [0.4, 0.5) is 10.7 Å². The number of thioether (sulfide) groups is 1. The van der Waals surface area contributed by atoms with Crippen LogP contribution in [0, 0.1) is 0 Å². The first-order chi connectivity index (χ1) is 23.5. The van der Waals surface area contributed by atoms with Crippen LogP contribution in [-0.4, -0.2) is 63.9 Å². The van der Waals surface area contributed by atoms with Crippen molar-refractivity contribution in [2.75, 3.05) is 23.8 Å². The van der Waals surface area contributed by atoms with E-state index in [-0.39, 0.29) is 29.2 Å². The zero-order valence-electron chi connectivity index (χ0n) is 26.3. The number of ether oxygens (including phenoxy) is 1. The molecule has 1 aliphatic rings. The maximum atomic E-state index is 14.1. The number of carboxylic acid groups (broad SMARTS) is 2. The molecular formula is C35H31N3O9S2. The average molecular weight is 702 g/mol. The molecule has 4 aromatic rings. The van der Waals surface area contributed by atoms with Crippen molar-refractivity contribution in [2.45, 2.75) is 37.0 Å². The first-order valence-corrected chi connectivity index (χ1v) is 16.8. The number of anilines is 2. The summed E-state index contributed by atoms with van der Waals surface area (Å²) in [7, 11) is 0. The number of benzene rings is 3. The largest absolute Gasteiger partial charge is 0.478 e. The summed E-state index contributed by atoms with van der Waals surface area (Å²) in [6.07, 6.45) is 0.447. The van der Waals surface area contributed by atoms with Gasteiger partial charge in [0.2, 0.25) is 11.8 Å². The van der Waals surface area contributed by atoms with Crippen LogP contribution in [0.15, 0.2) is 77.7 Å². The van der Waals surface area contributed by atoms with Crippen molar-refractivity contribution in [1.29, 1.82) is 0 Å². The lowest BCUT2D eigenvalue weighted by Gasteiger charge is -2.25. The lowest BCUT2D eigenvalue weighted by atomic mass is 10.0. The van der Waals surface area contributed by atoms with Gasteiger partial charge in [-0.1, -0.05) is 36.4 Å². The molecule has 252 valence electrons. The Balaban J connectivity index is 1.42. The summed E-state index contributed by atoms with van der Waals surface area (Å²) >= 11 is 2.44. The molecule has 49 heavy (non-hydrogen) atoms. The van der Waals surface area contributed by atoms with Gasteiger partial charge >= 0.3 is 17.9 Å². The lowest BCUT2D eigenvalue weighted by Crippen LogP contribution is -2.34. The smallest absolute Gasteiger partial charge is 0.341 e. The van der Waals surface area contributed by atoms with Crippen LogP contribution < -0.4 is 10.6 Å². The highest BCUT2D eigenvalue weighted by atomic mass is 32.2. The molecule has 1 aliphatic heterocycles. The van der Waals surface area contributed by atoms with E-state index in [9.17, 15) is 39.0 Å². The Labute approximate surface area is 289 Å². The fraction of sp³-hybridized carbons (Fsp3) is 0.200. The lowest BCUT2D eigenvalue weighted by molar-refractivity contribution is -0.129. The highest BCUT2D eigenvalue weighted by molar-refractivity contribution is 8.00. The number of thiophene rings is 1. The maximum Gasteiger partial charge on any atom is 0.341 e. The quantitative estimate of drug-likeness (QED) is 0.108. The number of aromatic carboxylic acids is 2. The number of fused-ring (bicyclic) bond motifs is 1. The third-order valence-corrected chi connectivity index (χ3v) is 10.0. The van der Waals surface area contributed by atoms with E-state index in [1.807, 2.05) is 6.07 Å². The third-order valence-electron chi connectivity index (χ3n) is 7.65. The monoisotopic (exact) mass is 701 g/mol. The normalized spacial score (nSPS) is 12.7. The van der Waals surface area contributed by atoms with E-state index in [1.54, 1.807) is 60.4 Å². The zero-order valence-corrected chi connectivity index (χ0v) is 28.0. The third kappa shape index (κ3) is 7.99. The first-order valence-electron chi connectivity index (χ1n) is 15.1. The Morgan fingerprint density at radius 1 is 0.918 bits per heavy atom. The second kappa shape index (κ2) is 15.2. The van der Waals surface area contributed by atoms with Crippen molar-refractivity contribution in [3.8, 4) is 0 Å². The van der Waals surface area contributed by atoms with E-state index in [2.05, 4.69) is 10.6 Å². The minimum atomic E-state index is -1.46. The number of carbonyl (C=O) groups excluding carboxylic acids is 4. The van der Waals surface area contributed by atoms with Crippen molar-refractivity contribution < 1.29 is 43.7 Å². The Hall–Kier alpha value is -5.47. The van der Waals surface area contributed by atoms with E-state index < -0.39 is 40.5 Å². The molecule has 3 aromatic carbocycles. The second-order valence-corrected chi connectivity index (χ2v) is 13.2. The molecule has 14 heteroatoms. The topological polar surface area (TPSA) is 179 Å². The van der Waals surface area contributed by atoms with Gasteiger partial charge in [0.05, 0.1) is 35.4 Å². The molecule has 0 aliphatic carbocycles. The molecule has 2 heterocycles. The highest BCUT2D eigenvalue weighted by Crippen LogP contribution is 2.41. The molecular weight excluding hydrogens is 671 g/mol. The second-order valence-electron chi connectivity index (χ2n) is 10.9. The number of carboxylic acids is 2. The Bertz CT molecular complexity index is 1960. The van der Waals surface area contributed by atoms with Crippen LogP contribution in [-0.2, 0) is 27.3 Å². The summed E-state index contributed by atoms with van der Waals surface area (Å²) < 4.78 is 5.34. The van der Waals surface area contributed by atoms with E-state index in [1.165, 1.54) is 30.0 Å². The van der Waals surface area contributed by atoms with Gasteiger partial charge in [-0.25, -0.2) is 14.4 Å². The SMILES string of the molecule is CCOC(=O)c1c(NC(=O)C(Sc2cccc(NC(=O)c3ccc(C(=O)O)cc3C(=O)O)c2)c2ccccc2)sc2c1CCN(C(C)=O)C2. The van der Waals surface area contributed by atoms with Crippen molar-refractivity contribution in [3.63, 3.8) is 0 Å². The number of carbonyl (C=O) groups is 6. The van der Waals surface area contributed by atoms with Gasteiger partial charge in [-0.3, -0.25) is 14.4 Å². The van der Waals surface area contributed by atoms with Crippen LogP contribution in [0.25, 0.3) is 0 Å². The number of nitrogens with zero attached hydrogens (tertiary/aromatic N) is 1. The van der Waals surface area contributed by atoms with E-state index in [0.29, 0.717) is 40.7 Å². The minimum absolute atomic E-state index is 0.0836. The predicted molar refractivity (Wildman–Crippen MR) is 183 cm³/mol. The number of esters is 1. The van der Waals surface area contributed by atoms with Crippen LogP contribution in [0.3, 0.4) is 0 Å². The summed E-state index contributed by atoms with van der Waals surface area (Å²) in [5.41, 5.74) is 1.07. The van der Waals surface area contributed by atoms with Gasteiger partial charge in [-0.15, -0.1) is 23.1 Å². The summed E-state index contributed by atoms with van der Waals surface area (Å²) in [4.78, 5) is 78.5.